The molecule has 1 saturated heterocycles. The Hall–Kier alpha value is -0.360. The fourth-order valence-corrected chi connectivity index (χ4v) is 3.01. The first-order valence-corrected chi connectivity index (χ1v) is 7.08. The van der Waals surface area contributed by atoms with E-state index in [0.717, 1.165) is 23.5 Å². The third-order valence-corrected chi connectivity index (χ3v) is 3.61. The van der Waals surface area contributed by atoms with E-state index >= 15 is 0 Å². The summed E-state index contributed by atoms with van der Waals surface area (Å²) in [6, 6.07) is 4.00. The summed E-state index contributed by atoms with van der Waals surface area (Å²) in [7, 11) is 0. The molecule has 2 unspecified atom stereocenters. The lowest BCUT2D eigenvalue weighted by Crippen LogP contribution is -2.53. The highest BCUT2D eigenvalue weighted by Crippen LogP contribution is 2.30. The van der Waals surface area contributed by atoms with Crippen LogP contribution < -0.4 is 5.73 Å². The summed E-state index contributed by atoms with van der Waals surface area (Å²) in [6.07, 6.45) is 0.209. The highest BCUT2D eigenvalue weighted by atomic mass is 79.9. The topological polar surface area (TPSA) is 51.6 Å². The van der Waals surface area contributed by atoms with E-state index in [1.165, 1.54) is 0 Å². The van der Waals surface area contributed by atoms with Crippen molar-refractivity contribution in [2.24, 2.45) is 5.73 Å². The van der Waals surface area contributed by atoms with Crippen LogP contribution in [0.3, 0.4) is 0 Å². The molecule has 0 radical (unpaired) electrons. The minimum absolute atomic E-state index is 0.113. The molecule has 1 aliphatic rings. The maximum absolute atomic E-state index is 5.92. The number of morpholine rings is 1. The molecular weight excluding hydrogens is 296 g/mol. The number of hydrogen-bond acceptors (Lipinski definition) is 4. The van der Waals surface area contributed by atoms with Crippen LogP contribution in [0, 0.1) is 0 Å². The van der Waals surface area contributed by atoms with E-state index in [0.29, 0.717) is 6.54 Å². The fourth-order valence-electron chi connectivity index (χ4n) is 2.69. The molecule has 0 amide bonds. The van der Waals surface area contributed by atoms with E-state index in [9.17, 15) is 0 Å². The molecule has 0 spiro atoms. The van der Waals surface area contributed by atoms with Gasteiger partial charge in [0, 0.05) is 19.6 Å². The molecule has 1 aromatic heterocycles. The number of nitrogens with zero attached hydrogens (tertiary/aromatic N) is 1. The van der Waals surface area contributed by atoms with Crippen molar-refractivity contribution in [2.45, 2.75) is 38.5 Å². The molecule has 1 aromatic rings. The highest BCUT2D eigenvalue weighted by Gasteiger charge is 2.35. The predicted octanol–water partition coefficient (Wildman–Crippen LogP) is 2.54. The summed E-state index contributed by atoms with van der Waals surface area (Å²) in [5, 5.41) is 0. The Morgan fingerprint density at radius 2 is 2.28 bits per heavy atom. The number of halogens is 1. The van der Waals surface area contributed by atoms with Crippen molar-refractivity contribution in [3.8, 4) is 0 Å². The summed E-state index contributed by atoms with van der Waals surface area (Å²) in [5.74, 6) is 0.911. The van der Waals surface area contributed by atoms with Gasteiger partial charge in [0.15, 0.2) is 4.67 Å². The van der Waals surface area contributed by atoms with Crippen LogP contribution in [0.15, 0.2) is 21.2 Å². The third-order valence-electron chi connectivity index (χ3n) is 3.18. The fraction of sp³-hybridized carbons (Fsp3) is 0.692. The zero-order valence-electron chi connectivity index (χ0n) is 11.1. The Labute approximate surface area is 117 Å². The molecule has 2 rings (SSSR count). The van der Waals surface area contributed by atoms with Gasteiger partial charge in [-0.3, -0.25) is 4.90 Å². The smallest absolute Gasteiger partial charge is 0.169 e. The highest BCUT2D eigenvalue weighted by molar-refractivity contribution is 9.10. The monoisotopic (exact) mass is 316 g/mol. The minimum Gasteiger partial charge on any atom is -0.453 e. The first-order chi connectivity index (χ1) is 8.41. The third kappa shape index (κ3) is 3.15. The van der Waals surface area contributed by atoms with Crippen LogP contribution >= 0.6 is 15.9 Å². The number of ether oxygens (including phenoxy) is 1. The van der Waals surface area contributed by atoms with Gasteiger partial charge in [-0.2, -0.15) is 0 Å². The van der Waals surface area contributed by atoms with Gasteiger partial charge in [0.2, 0.25) is 0 Å². The molecule has 1 fully saturated rings. The van der Waals surface area contributed by atoms with Crippen molar-refractivity contribution in [1.29, 1.82) is 0 Å². The van der Waals surface area contributed by atoms with Gasteiger partial charge in [-0.15, -0.1) is 0 Å². The summed E-state index contributed by atoms with van der Waals surface area (Å²) in [4.78, 5) is 2.35. The molecule has 2 N–H and O–H groups in total. The zero-order valence-corrected chi connectivity index (χ0v) is 12.7. The van der Waals surface area contributed by atoms with E-state index < -0.39 is 0 Å². The van der Waals surface area contributed by atoms with E-state index in [1.807, 2.05) is 12.1 Å². The zero-order chi connectivity index (χ0) is 13.3. The van der Waals surface area contributed by atoms with Crippen LogP contribution in [0.1, 0.15) is 32.6 Å². The van der Waals surface area contributed by atoms with Crippen LogP contribution in [0.2, 0.25) is 0 Å². The second kappa shape index (κ2) is 5.33. The average Bonchev–Trinajstić information content (AvgIpc) is 2.63. The first kappa shape index (κ1) is 14.1. The van der Waals surface area contributed by atoms with Crippen molar-refractivity contribution in [2.75, 3.05) is 19.6 Å². The van der Waals surface area contributed by atoms with Crippen molar-refractivity contribution in [3.63, 3.8) is 0 Å². The SMILES string of the molecule is CC1CN(C(CN)c2ccc(Br)o2)CC(C)(C)O1. The molecule has 18 heavy (non-hydrogen) atoms. The maximum Gasteiger partial charge on any atom is 0.169 e. The Morgan fingerprint density at radius 1 is 1.56 bits per heavy atom. The van der Waals surface area contributed by atoms with Crippen LogP contribution in [-0.4, -0.2) is 36.2 Å². The Balaban J connectivity index is 2.17. The van der Waals surface area contributed by atoms with Crippen LogP contribution in [0.4, 0.5) is 0 Å². The predicted molar refractivity (Wildman–Crippen MR) is 74.4 cm³/mol. The molecule has 0 aromatic carbocycles. The lowest BCUT2D eigenvalue weighted by molar-refractivity contribution is -0.139. The van der Waals surface area contributed by atoms with Crippen molar-refractivity contribution >= 4 is 15.9 Å². The van der Waals surface area contributed by atoms with Crippen molar-refractivity contribution < 1.29 is 9.15 Å². The normalized spacial score (nSPS) is 26.2. The molecule has 5 heteroatoms. The summed E-state index contributed by atoms with van der Waals surface area (Å²) < 4.78 is 12.3. The van der Waals surface area contributed by atoms with Gasteiger partial charge in [-0.05, 0) is 48.8 Å². The second-order valence-corrected chi connectivity index (χ2v) is 6.29. The molecule has 4 nitrogen and oxygen atoms in total. The van der Waals surface area contributed by atoms with E-state index in [1.54, 1.807) is 0 Å². The Bertz CT molecular complexity index is 405. The number of rotatable bonds is 3. The Morgan fingerprint density at radius 3 is 2.78 bits per heavy atom. The van der Waals surface area contributed by atoms with Gasteiger partial charge < -0.3 is 14.9 Å². The molecular formula is C13H21BrN2O2. The molecule has 0 saturated carbocycles. The molecule has 2 atom stereocenters. The average molecular weight is 317 g/mol. The van der Waals surface area contributed by atoms with Gasteiger partial charge in [0.1, 0.15) is 5.76 Å². The molecule has 1 aliphatic heterocycles. The van der Waals surface area contributed by atoms with Crippen molar-refractivity contribution in [3.05, 3.63) is 22.6 Å². The molecule has 102 valence electrons. The van der Waals surface area contributed by atoms with Gasteiger partial charge >= 0.3 is 0 Å². The largest absolute Gasteiger partial charge is 0.453 e. The van der Waals surface area contributed by atoms with Crippen LogP contribution in [0.5, 0.6) is 0 Å². The number of furan rings is 1. The Kier molecular flexibility index (Phi) is 4.16. The van der Waals surface area contributed by atoms with Gasteiger partial charge in [-0.25, -0.2) is 0 Å². The lowest BCUT2D eigenvalue weighted by atomic mass is 10.0. The quantitative estimate of drug-likeness (QED) is 0.931. The second-order valence-electron chi connectivity index (χ2n) is 5.51. The van der Waals surface area contributed by atoms with Gasteiger partial charge in [-0.1, -0.05) is 0 Å². The lowest BCUT2D eigenvalue weighted by Gasteiger charge is -2.44. The first-order valence-electron chi connectivity index (χ1n) is 6.28. The van der Waals surface area contributed by atoms with E-state index in [-0.39, 0.29) is 17.7 Å². The van der Waals surface area contributed by atoms with Gasteiger partial charge in [0.05, 0.1) is 17.7 Å². The standard InChI is InChI=1S/C13H21BrN2O2/c1-9-7-16(8-13(2,3)18-9)10(6-15)11-4-5-12(14)17-11/h4-5,9-10H,6-8,15H2,1-3H3. The van der Waals surface area contributed by atoms with E-state index in [2.05, 4.69) is 41.6 Å². The molecule has 0 bridgehead atoms. The van der Waals surface area contributed by atoms with E-state index in [4.69, 9.17) is 14.9 Å². The summed E-state index contributed by atoms with van der Waals surface area (Å²) in [5.41, 5.74) is 5.78. The number of nitrogens with two attached hydrogens (primary N) is 1. The summed E-state index contributed by atoms with van der Waals surface area (Å²) in [6.45, 7) is 8.60. The minimum atomic E-state index is -0.144. The van der Waals surface area contributed by atoms with Gasteiger partial charge in [0.25, 0.3) is 0 Å². The van der Waals surface area contributed by atoms with Crippen LogP contribution in [-0.2, 0) is 4.74 Å². The van der Waals surface area contributed by atoms with Crippen LogP contribution in [0.25, 0.3) is 0 Å². The molecule has 2 heterocycles. The summed E-state index contributed by atoms with van der Waals surface area (Å²) >= 11 is 3.34. The maximum atomic E-state index is 5.92. The molecule has 0 aliphatic carbocycles. The van der Waals surface area contributed by atoms with Crippen molar-refractivity contribution in [1.82, 2.24) is 4.90 Å². The number of hydrogen-bond donors (Lipinski definition) is 1.